The molecule has 1 aliphatic rings. The predicted octanol–water partition coefficient (Wildman–Crippen LogP) is 2.53. The van der Waals surface area contributed by atoms with Crippen LogP contribution in [0.1, 0.15) is 36.3 Å². The Kier molecular flexibility index (Phi) is 3.27. The van der Waals surface area contributed by atoms with Gasteiger partial charge in [0.15, 0.2) is 0 Å². The Balaban J connectivity index is 2.35. The standard InChI is InChI=1S/C14H16O3/c1-9-4-2-3-5-11(9)13-8-10(15)6-7-12(13)14(16)17/h2-5,12-13H,6-8H2,1H3,(H,16,17). The van der Waals surface area contributed by atoms with Crippen LogP contribution < -0.4 is 0 Å². The molecule has 1 aromatic rings. The van der Waals surface area contributed by atoms with Gasteiger partial charge >= 0.3 is 5.97 Å². The van der Waals surface area contributed by atoms with Crippen molar-refractivity contribution in [2.45, 2.75) is 32.1 Å². The Bertz CT molecular complexity index is 451. The number of Topliss-reactive ketones (excluding diaryl/α,β-unsaturated/α-hetero) is 1. The lowest BCUT2D eigenvalue weighted by molar-refractivity contribution is -0.144. The molecule has 1 fully saturated rings. The van der Waals surface area contributed by atoms with Crippen molar-refractivity contribution >= 4 is 11.8 Å². The minimum absolute atomic E-state index is 0.157. The highest BCUT2D eigenvalue weighted by atomic mass is 16.4. The highest BCUT2D eigenvalue weighted by Crippen LogP contribution is 2.37. The fourth-order valence-corrected chi connectivity index (χ4v) is 2.63. The van der Waals surface area contributed by atoms with E-state index in [9.17, 15) is 14.7 Å². The Morgan fingerprint density at radius 2 is 2.06 bits per heavy atom. The van der Waals surface area contributed by atoms with Crippen molar-refractivity contribution in [2.24, 2.45) is 5.92 Å². The zero-order chi connectivity index (χ0) is 12.4. The Morgan fingerprint density at radius 1 is 1.35 bits per heavy atom. The van der Waals surface area contributed by atoms with Crippen molar-refractivity contribution in [1.82, 2.24) is 0 Å². The molecule has 0 heterocycles. The van der Waals surface area contributed by atoms with Crippen LogP contribution in [0.4, 0.5) is 0 Å². The average molecular weight is 232 g/mol. The van der Waals surface area contributed by atoms with Gasteiger partial charge in [0, 0.05) is 18.8 Å². The average Bonchev–Trinajstić information content (AvgIpc) is 2.29. The first kappa shape index (κ1) is 11.8. The lowest BCUT2D eigenvalue weighted by atomic mass is 9.74. The SMILES string of the molecule is Cc1ccccc1C1CC(=O)CCC1C(=O)O. The second-order valence-corrected chi connectivity index (χ2v) is 4.69. The van der Waals surface area contributed by atoms with Crippen molar-refractivity contribution in [3.8, 4) is 0 Å². The van der Waals surface area contributed by atoms with Gasteiger partial charge in [-0.3, -0.25) is 9.59 Å². The number of rotatable bonds is 2. The van der Waals surface area contributed by atoms with Crippen LogP contribution in [-0.2, 0) is 9.59 Å². The molecule has 1 saturated carbocycles. The van der Waals surface area contributed by atoms with Gasteiger partial charge in [0.2, 0.25) is 0 Å². The molecule has 3 nitrogen and oxygen atoms in total. The van der Waals surface area contributed by atoms with E-state index in [2.05, 4.69) is 0 Å². The molecule has 0 spiro atoms. The van der Waals surface area contributed by atoms with Gasteiger partial charge in [-0.05, 0) is 24.5 Å². The molecule has 0 aliphatic heterocycles. The Labute approximate surface area is 100 Å². The van der Waals surface area contributed by atoms with E-state index in [1.807, 2.05) is 31.2 Å². The first-order valence-electron chi connectivity index (χ1n) is 5.89. The molecule has 1 aromatic carbocycles. The number of carbonyl (C=O) groups excluding carboxylic acids is 1. The second kappa shape index (κ2) is 4.70. The fourth-order valence-electron chi connectivity index (χ4n) is 2.63. The van der Waals surface area contributed by atoms with Crippen LogP contribution in [0.5, 0.6) is 0 Å². The predicted molar refractivity (Wildman–Crippen MR) is 63.9 cm³/mol. The summed E-state index contributed by atoms with van der Waals surface area (Å²) in [6.07, 6.45) is 1.23. The first-order chi connectivity index (χ1) is 8.09. The molecule has 90 valence electrons. The fraction of sp³-hybridized carbons (Fsp3) is 0.429. The summed E-state index contributed by atoms with van der Waals surface area (Å²) in [5.41, 5.74) is 2.08. The Morgan fingerprint density at radius 3 is 2.71 bits per heavy atom. The third-order valence-corrected chi connectivity index (χ3v) is 3.57. The number of carboxylic acids is 1. The van der Waals surface area contributed by atoms with E-state index < -0.39 is 11.9 Å². The van der Waals surface area contributed by atoms with E-state index in [4.69, 9.17) is 0 Å². The summed E-state index contributed by atoms with van der Waals surface area (Å²) in [4.78, 5) is 22.8. The zero-order valence-electron chi connectivity index (χ0n) is 9.85. The molecule has 0 amide bonds. The number of carbonyl (C=O) groups is 2. The summed E-state index contributed by atoms with van der Waals surface area (Å²) in [7, 11) is 0. The number of benzene rings is 1. The van der Waals surface area contributed by atoms with Crippen LogP contribution >= 0.6 is 0 Å². The van der Waals surface area contributed by atoms with E-state index in [0.29, 0.717) is 19.3 Å². The van der Waals surface area contributed by atoms with Crippen molar-refractivity contribution in [1.29, 1.82) is 0 Å². The third kappa shape index (κ3) is 2.38. The molecular formula is C14H16O3. The molecule has 3 heteroatoms. The van der Waals surface area contributed by atoms with Gasteiger partial charge in [-0.25, -0.2) is 0 Å². The number of ketones is 1. The van der Waals surface area contributed by atoms with Crippen molar-refractivity contribution in [2.75, 3.05) is 0 Å². The van der Waals surface area contributed by atoms with E-state index in [1.54, 1.807) is 0 Å². The maximum atomic E-state index is 11.5. The lowest BCUT2D eigenvalue weighted by Crippen LogP contribution is -2.29. The maximum absolute atomic E-state index is 11.5. The van der Waals surface area contributed by atoms with E-state index >= 15 is 0 Å². The smallest absolute Gasteiger partial charge is 0.307 e. The summed E-state index contributed by atoms with van der Waals surface area (Å²) in [5, 5.41) is 9.24. The van der Waals surface area contributed by atoms with Gasteiger partial charge in [0.25, 0.3) is 0 Å². The highest BCUT2D eigenvalue weighted by Gasteiger charge is 2.35. The van der Waals surface area contributed by atoms with Gasteiger partial charge in [0.05, 0.1) is 5.92 Å². The molecule has 2 unspecified atom stereocenters. The summed E-state index contributed by atoms with van der Waals surface area (Å²) in [5.74, 6) is -1.19. The molecule has 1 N–H and O–H groups in total. The topological polar surface area (TPSA) is 54.4 Å². The molecule has 0 saturated heterocycles. The van der Waals surface area contributed by atoms with Gasteiger partial charge in [-0.1, -0.05) is 24.3 Å². The summed E-state index contributed by atoms with van der Waals surface area (Å²) in [6.45, 7) is 1.97. The number of aliphatic carboxylic acids is 1. The number of hydrogen-bond donors (Lipinski definition) is 1. The maximum Gasteiger partial charge on any atom is 0.307 e. The number of carboxylic acid groups (broad SMARTS) is 1. The zero-order valence-corrected chi connectivity index (χ0v) is 9.85. The minimum Gasteiger partial charge on any atom is -0.481 e. The summed E-state index contributed by atoms with van der Waals surface area (Å²) in [6, 6.07) is 7.74. The van der Waals surface area contributed by atoms with Crippen molar-refractivity contribution in [3.63, 3.8) is 0 Å². The van der Waals surface area contributed by atoms with E-state index in [-0.39, 0.29) is 11.7 Å². The lowest BCUT2D eigenvalue weighted by Gasteiger charge is -2.29. The van der Waals surface area contributed by atoms with Crippen molar-refractivity contribution < 1.29 is 14.7 Å². The largest absolute Gasteiger partial charge is 0.481 e. The minimum atomic E-state index is -0.786. The summed E-state index contributed by atoms with van der Waals surface area (Å²) < 4.78 is 0. The van der Waals surface area contributed by atoms with Gasteiger partial charge in [0.1, 0.15) is 5.78 Å². The highest BCUT2D eigenvalue weighted by molar-refractivity contribution is 5.83. The van der Waals surface area contributed by atoms with Crippen LogP contribution in [0.15, 0.2) is 24.3 Å². The summed E-state index contributed by atoms with van der Waals surface area (Å²) >= 11 is 0. The van der Waals surface area contributed by atoms with Crippen LogP contribution in [-0.4, -0.2) is 16.9 Å². The molecule has 0 radical (unpaired) electrons. The third-order valence-electron chi connectivity index (χ3n) is 3.57. The van der Waals surface area contributed by atoms with Crippen LogP contribution in [0.2, 0.25) is 0 Å². The van der Waals surface area contributed by atoms with Crippen LogP contribution in [0, 0.1) is 12.8 Å². The van der Waals surface area contributed by atoms with Gasteiger partial charge in [-0.15, -0.1) is 0 Å². The monoisotopic (exact) mass is 232 g/mol. The van der Waals surface area contributed by atoms with Gasteiger partial charge in [-0.2, -0.15) is 0 Å². The van der Waals surface area contributed by atoms with Gasteiger partial charge < -0.3 is 5.11 Å². The van der Waals surface area contributed by atoms with E-state index in [0.717, 1.165) is 11.1 Å². The molecule has 0 bridgehead atoms. The number of hydrogen-bond acceptors (Lipinski definition) is 2. The molecular weight excluding hydrogens is 216 g/mol. The molecule has 2 atom stereocenters. The first-order valence-corrected chi connectivity index (χ1v) is 5.89. The van der Waals surface area contributed by atoms with E-state index in [1.165, 1.54) is 0 Å². The van der Waals surface area contributed by atoms with Crippen LogP contribution in [0.3, 0.4) is 0 Å². The van der Waals surface area contributed by atoms with Crippen LogP contribution in [0.25, 0.3) is 0 Å². The molecule has 2 rings (SSSR count). The van der Waals surface area contributed by atoms with Crippen molar-refractivity contribution in [3.05, 3.63) is 35.4 Å². The molecule has 17 heavy (non-hydrogen) atoms. The Hall–Kier alpha value is -1.64. The second-order valence-electron chi connectivity index (χ2n) is 4.69. The quantitative estimate of drug-likeness (QED) is 0.852. The molecule has 0 aromatic heterocycles. The number of aryl methyl sites for hydroxylation is 1. The molecule has 1 aliphatic carbocycles. The normalized spacial score (nSPS) is 24.6.